The number of amides is 2. The lowest BCUT2D eigenvalue weighted by Gasteiger charge is -2.23. The number of phenolic OH excluding ortho intramolecular Hbond substituents is 1. The first-order chi connectivity index (χ1) is 17.4. The van der Waals surface area contributed by atoms with Gasteiger partial charge in [-0.1, -0.05) is 54.6 Å². The summed E-state index contributed by atoms with van der Waals surface area (Å²) < 4.78 is 26.6. The van der Waals surface area contributed by atoms with Gasteiger partial charge >= 0.3 is 6.03 Å². The Kier molecular flexibility index (Phi) is 6.22. The molecule has 0 saturated heterocycles. The maximum atomic E-state index is 13.5. The van der Waals surface area contributed by atoms with Gasteiger partial charge in [0.1, 0.15) is 5.75 Å². The smallest absolute Gasteiger partial charge is 0.342 e. The number of rotatable bonds is 5. The monoisotopic (exact) mass is 498 g/mol. The molecule has 0 spiro atoms. The number of carbonyl (C=O) groups is 1. The van der Waals surface area contributed by atoms with Crippen LogP contribution < -0.4 is 5.32 Å². The highest BCUT2D eigenvalue weighted by Gasteiger charge is 2.35. The molecular formula is C27H22N4O4S. The molecule has 0 aliphatic carbocycles. The molecule has 1 aromatic heterocycles. The number of benzene rings is 3. The number of hydrazone groups is 1. The molecule has 1 unspecified atom stereocenters. The van der Waals surface area contributed by atoms with Crippen LogP contribution in [0.15, 0.2) is 118 Å². The normalized spacial score (nSPS) is 15.4. The number of nitrogens with one attached hydrogen (secondary N) is 1. The Morgan fingerprint density at radius 3 is 2.39 bits per heavy atom. The van der Waals surface area contributed by atoms with Crippen LogP contribution in [0.3, 0.4) is 0 Å². The van der Waals surface area contributed by atoms with E-state index in [-0.39, 0.29) is 21.2 Å². The zero-order valence-corrected chi connectivity index (χ0v) is 19.8. The quantitative estimate of drug-likeness (QED) is 0.402. The van der Waals surface area contributed by atoms with Gasteiger partial charge in [0.2, 0.25) is 9.84 Å². The molecule has 1 aliphatic heterocycles. The zero-order chi connectivity index (χ0) is 25.1. The van der Waals surface area contributed by atoms with Crippen molar-refractivity contribution in [2.45, 2.75) is 22.3 Å². The number of sulfone groups is 1. The summed E-state index contributed by atoms with van der Waals surface area (Å²) in [5, 5.41) is 19.0. The fraction of sp³-hybridized carbons (Fsp3) is 0.0741. The highest BCUT2D eigenvalue weighted by molar-refractivity contribution is 7.91. The third-order valence-electron chi connectivity index (χ3n) is 5.88. The van der Waals surface area contributed by atoms with Crippen molar-refractivity contribution in [3.05, 3.63) is 115 Å². The molecule has 8 nitrogen and oxygen atoms in total. The van der Waals surface area contributed by atoms with Crippen molar-refractivity contribution in [3.8, 4) is 5.75 Å². The van der Waals surface area contributed by atoms with Gasteiger partial charge in [0.25, 0.3) is 0 Å². The molecule has 9 heteroatoms. The molecule has 0 saturated carbocycles. The Morgan fingerprint density at radius 2 is 1.64 bits per heavy atom. The van der Waals surface area contributed by atoms with Crippen LogP contribution in [-0.2, 0) is 9.84 Å². The van der Waals surface area contributed by atoms with Crippen LogP contribution >= 0.6 is 0 Å². The lowest BCUT2D eigenvalue weighted by atomic mass is 9.98. The minimum atomic E-state index is -3.88. The van der Waals surface area contributed by atoms with Gasteiger partial charge in [0, 0.05) is 29.9 Å². The van der Waals surface area contributed by atoms with Crippen LogP contribution in [0.25, 0.3) is 0 Å². The van der Waals surface area contributed by atoms with Gasteiger partial charge in [-0.15, -0.1) is 0 Å². The second-order valence-electron chi connectivity index (χ2n) is 8.15. The number of anilines is 1. The summed E-state index contributed by atoms with van der Waals surface area (Å²) in [4.78, 5) is 17.7. The Labute approximate surface area is 208 Å². The van der Waals surface area contributed by atoms with E-state index in [1.54, 1.807) is 73.1 Å². The number of para-hydroxylation sites is 2. The average molecular weight is 499 g/mol. The summed E-state index contributed by atoms with van der Waals surface area (Å²) in [7, 11) is -3.88. The Morgan fingerprint density at radius 1 is 0.917 bits per heavy atom. The minimum Gasteiger partial charge on any atom is -0.508 e. The summed E-state index contributed by atoms with van der Waals surface area (Å²) in [6, 6.07) is 23.4. The van der Waals surface area contributed by atoms with Crippen LogP contribution in [0.1, 0.15) is 23.6 Å². The van der Waals surface area contributed by atoms with Crippen molar-refractivity contribution in [2.24, 2.45) is 5.10 Å². The zero-order valence-electron chi connectivity index (χ0n) is 19.0. The molecule has 180 valence electrons. The predicted molar refractivity (Wildman–Crippen MR) is 135 cm³/mol. The first kappa shape index (κ1) is 23.3. The predicted octanol–water partition coefficient (Wildman–Crippen LogP) is 5.00. The van der Waals surface area contributed by atoms with E-state index in [9.17, 15) is 18.3 Å². The Balaban J connectivity index is 1.51. The standard InChI is InChI=1S/C27H22N4O4S/c32-25-14-6-4-12-21(25)24-17-23(19-9-8-16-28-18-19)30-31(24)27(33)29-22-13-5-7-15-26(22)36(34,35)20-10-2-1-3-11-20/h1-16,18,24,32H,17H2,(H,29,33). The summed E-state index contributed by atoms with van der Waals surface area (Å²) in [6.07, 6.45) is 3.65. The maximum absolute atomic E-state index is 13.5. The topological polar surface area (TPSA) is 112 Å². The Bertz CT molecular complexity index is 1540. The van der Waals surface area contributed by atoms with E-state index in [2.05, 4.69) is 15.4 Å². The molecule has 0 bridgehead atoms. The fourth-order valence-electron chi connectivity index (χ4n) is 4.12. The van der Waals surface area contributed by atoms with E-state index in [4.69, 9.17) is 0 Å². The number of pyridine rings is 1. The summed E-state index contributed by atoms with van der Waals surface area (Å²) in [5.74, 6) is 0.0370. The van der Waals surface area contributed by atoms with Crippen LogP contribution in [0.4, 0.5) is 10.5 Å². The van der Waals surface area contributed by atoms with E-state index < -0.39 is 21.9 Å². The molecule has 2 heterocycles. The second-order valence-corrected chi connectivity index (χ2v) is 10.1. The molecule has 0 fully saturated rings. The van der Waals surface area contributed by atoms with E-state index in [0.717, 1.165) is 5.56 Å². The van der Waals surface area contributed by atoms with Crippen LogP contribution in [-0.4, -0.2) is 35.3 Å². The van der Waals surface area contributed by atoms with E-state index >= 15 is 0 Å². The van der Waals surface area contributed by atoms with Crippen molar-refractivity contribution in [3.63, 3.8) is 0 Å². The fourth-order valence-corrected chi connectivity index (χ4v) is 5.56. The first-order valence-electron chi connectivity index (χ1n) is 11.2. The number of hydrogen-bond acceptors (Lipinski definition) is 6. The summed E-state index contributed by atoms with van der Waals surface area (Å²) in [5.41, 5.74) is 2.03. The molecule has 36 heavy (non-hydrogen) atoms. The third kappa shape index (κ3) is 4.44. The largest absolute Gasteiger partial charge is 0.508 e. The van der Waals surface area contributed by atoms with E-state index in [1.165, 1.54) is 29.3 Å². The average Bonchev–Trinajstić information content (AvgIpc) is 3.36. The number of urea groups is 1. The van der Waals surface area contributed by atoms with Gasteiger partial charge in [0.15, 0.2) is 0 Å². The van der Waals surface area contributed by atoms with Gasteiger partial charge in [-0.25, -0.2) is 18.2 Å². The highest BCUT2D eigenvalue weighted by atomic mass is 32.2. The van der Waals surface area contributed by atoms with E-state index in [1.807, 2.05) is 6.07 Å². The van der Waals surface area contributed by atoms with Gasteiger partial charge in [-0.05, 0) is 36.4 Å². The van der Waals surface area contributed by atoms with Gasteiger partial charge in [-0.2, -0.15) is 5.10 Å². The van der Waals surface area contributed by atoms with E-state index in [0.29, 0.717) is 17.7 Å². The molecule has 2 amide bonds. The maximum Gasteiger partial charge on any atom is 0.342 e. The minimum absolute atomic E-state index is 0.0284. The number of hydrogen-bond donors (Lipinski definition) is 2. The molecular weight excluding hydrogens is 476 g/mol. The van der Waals surface area contributed by atoms with Crippen molar-refractivity contribution >= 4 is 27.3 Å². The molecule has 4 aromatic rings. The lowest BCUT2D eigenvalue weighted by Crippen LogP contribution is -2.32. The van der Waals surface area contributed by atoms with Crippen molar-refractivity contribution < 1.29 is 18.3 Å². The first-order valence-corrected chi connectivity index (χ1v) is 12.7. The van der Waals surface area contributed by atoms with Crippen LogP contribution in [0, 0.1) is 0 Å². The molecule has 5 rings (SSSR count). The van der Waals surface area contributed by atoms with Crippen molar-refractivity contribution in [1.29, 1.82) is 0 Å². The van der Waals surface area contributed by atoms with Gasteiger partial charge in [-0.3, -0.25) is 4.98 Å². The number of carbonyl (C=O) groups excluding carboxylic acids is 1. The number of aromatic nitrogens is 1. The molecule has 1 atom stereocenters. The Hall–Kier alpha value is -4.50. The summed E-state index contributed by atoms with van der Waals surface area (Å²) in [6.45, 7) is 0. The molecule has 3 aromatic carbocycles. The molecule has 1 aliphatic rings. The highest BCUT2D eigenvalue weighted by Crippen LogP contribution is 2.37. The lowest BCUT2D eigenvalue weighted by molar-refractivity contribution is 0.199. The number of aromatic hydroxyl groups is 1. The van der Waals surface area contributed by atoms with Crippen molar-refractivity contribution in [1.82, 2.24) is 9.99 Å². The number of phenols is 1. The van der Waals surface area contributed by atoms with Gasteiger partial charge in [0.05, 0.1) is 27.2 Å². The van der Waals surface area contributed by atoms with Crippen molar-refractivity contribution in [2.75, 3.05) is 5.32 Å². The second kappa shape index (κ2) is 9.63. The SMILES string of the molecule is O=C(Nc1ccccc1S(=O)(=O)c1ccccc1)N1N=C(c2cccnc2)CC1c1ccccc1O. The molecule has 0 radical (unpaired) electrons. The van der Waals surface area contributed by atoms with Gasteiger partial charge < -0.3 is 10.4 Å². The summed E-state index contributed by atoms with van der Waals surface area (Å²) >= 11 is 0. The third-order valence-corrected chi connectivity index (χ3v) is 7.71. The van der Waals surface area contributed by atoms with Crippen LogP contribution in [0.2, 0.25) is 0 Å². The number of nitrogens with zero attached hydrogens (tertiary/aromatic N) is 3. The van der Waals surface area contributed by atoms with Crippen LogP contribution in [0.5, 0.6) is 5.75 Å². The molecule has 2 N–H and O–H groups in total.